The van der Waals surface area contributed by atoms with E-state index >= 15 is 0 Å². The first kappa shape index (κ1) is 19.5. The van der Waals surface area contributed by atoms with Gasteiger partial charge in [0.2, 0.25) is 5.56 Å². The second-order valence-corrected chi connectivity index (χ2v) is 7.86. The monoisotopic (exact) mass is 385 g/mol. The number of hydrogen-bond acceptors (Lipinski definition) is 5. The lowest BCUT2D eigenvalue weighted by molar-refractivity contribution is 0.0957. The second kappa shape index (κ2) is 8.15. The van der Waals surface area contributed by atoms with Gasteiger partial charge in [-0.3, -0.25) is 9.59 Å². The number of carbonyl (C=O) groups excluding carboxylic acids is 1. The molecule has 0 amide bonds. The molecule has 0 unspecified atom stereocenters. The minimum Gasteiger partial charge on any atom is -0.376 e. The summed E-state index contributed by atoms with van der Waals surface area (Å²) in [6.07, 6.45) is 2.35. The summed E-state index contributed by atoms with van der Waals surface area (Å²) in [7, 11) is 0. The molecule has 1 fully saturated rings. The van der Waals surface area contributed by atoms with Gasteiger partial charge in [-0.05, 0) is 45.2 Å². The number of nitriles is 1. The summed E-state index contributed by atoms with van der Waals surface area (Å²) < 4.78 is 7.86. The number of hydrogen-bond donors (Lipinski definition) is 1. The number of Topliss-reactive ketones (excluding diaryl/α,β-unsaturated/α-hetero) is 1. The molecule has 1 aliphatic heterocycles. The largest absolute Gasteiger partial charge is 0.376 e. The Morgan fingerprint density at radius 2 is 2.19 bits per heavy atom. The van der Waals surface area contributed by atoms with Crippen LogP contribution in [0.4, 0.5) is 0 Å². The number of aryl methyl sites for hydroxylation is 2. The van der Waals surface area contributed by atoms with E-state index < -0.39 is 0 Å². The zero-order valence-electron chi connectivity index (χ0n) is 15.8. The van der Waals surface area contributed by atoms with Crippen molar-refractivity contribution >= 4 is 17.5 Å². The van der Waals surface area contributed by atoms with E-state index in [0.29, 0.717) is 21.7 Å². The lowest BCUT2D eigenvalue weighted by Gasteiger charge is -2.14. The van der Waals surface area contributed by atoms with Crippen LogP contribution in [-0.2, 0) is 11.3 Å². The maximum absolute atomic E-state index is 12.8. The zero-order chi connectivity index (χ0) is 19.6. The van der Waals surface area contributed by atoms with E-state index in [1.165, 1.54) is 17.8 Å². The van der Waals surface area contributed by atoms with E-state index in [0.717, 1.165) is 37.4 Å². The van der Waals surface area contributed by atoms with Crippen LogP contribution in [-0.4, -0.2) is 33.8 Å². The summed E-state index contributed by atoms with van der Waals surface area (Å²) in [4.78, 5) is 27.1. The van der Waals surface area contributed by atoms with E-state index in [1.807, 2.05) is 19.9 Å². The summed E-state index contributed by atoms with van der Waals surface area (Å²) in [5.74, 6) is 0.149. The molecule has 27 heavy (non-hydrogen) atoms. The number of pyridine rings is 1. The quantitative estimate of drug-likeness (QED) is 0.610. The molecule has 7 heteroatoms. The van der Waals surface area contributed by atoms with Gasteiger partial charge in [0.15, 0.2) is 5.78 Å². The standard InChI is InChI=1S/C20H23N3O3S/c1-12-7-19(25)22-20(17(12)9-21)27-11-18(24)16-8-13(2)23(14(16)3)10-15-5-4-6-26-15/h7-8,15H,4-6,10-11H2,1-3H3,(H,22,25)/t15-/m0/s1. The zero-order valence-corrected chi connectivity index (χ0v) is 16.6. The van der Waals surface area contributed by atoms with Crippen LogP contribution in [0.3, 0.4) is 0 Å². The highest BCUT2D eigenvalue weighted by atomic mass is 32.2. The van der Waals surface area contributed by atoms with Gasteiger partial charge in [-0.25, -0.2) is 0 Å². The number of ether oxygens (including phenoxy) is 1. The summed E-state index contributed by atoms with van der Waals surface area (Å²) in [5, 5.41) is 9.75. The lowest BCUT2D eigenvalue weighted by atomic mass is 10.2. The van der Waals surface area contributed by atoms with Crippen LogP contribution >= 0.6 is 11.8 Å². The Kier molecular flexibility index (Phi) is 5.88. The third-order valence-electron chi connectivity index (χ3n) is 4.95. The first-order valence-corrected chi connectivity index (χ1v) is 9.97. The SMILES string of the molecule is Cc1cc(=O)[nH]c(SCC(=O)c2cc(C)n(C[C@@H]3CCCO3)c2C)c1C#N. The molecule has 0 aromatic carbocycles. The minimum absolute atomic E-state index is 0.0158. The maximum Gasteiger partial charge on any atom is 0.249 e. The Balaban J connectivity index is 1.76. The van der Waals surface area contributed by atoms with E-state index in [2.05, 4.69) is 15.6 Å². The van der Waals surface area contributed by atoms with Gasteiger partial charge in [-0.1, -0.05) is 11.8 Å². The molecule has 1 N–H and O–H groups in total. The third-order valence-corrected chi connectivity index (χ3v) is 5.95. The summed E-state index contributed by atoms with van der Waals surface area (Å²) in [5.41, 5.74) is 3.43. The van der Waals surface area contributed by atoms with Gasteiger partial charge in [0.05, 0.1) is 22.4 Å². The first-order valence-electron chi connectivity index (χ1n) is 8.99. The van der Waals surface area contributed by atoms with Crippen molar-refractivity contribution in [2.45, 2.75) is 51.3 Å². The number of nitrogens with one attached hydrogen (secondary N) is 1. The molecule has 0 radical (unpaired) electrons. The molecule has 3 heterocycles. The molecule has 0 saturated carbocycles. The number of carbonyl (C=O) groups is 1. The molecule has 0 spiro atoms. The van der Waals surface area contributed by atoms with Crippen LogP contribution in [0.5, 0.6) is 0 Å². The molecule has 0 aliphatic carbocycles. The average molecular weight is 385 g/mol. The number of rotatable bonds is 6. The van der Waals surface area contributed by atoms with Crippen molar-refractivity contribution < 1.29 is 9.53 Å². The number of ketones is 1. The van der Waals surface area contributed by atoms with Gasteiger partial charge in [-0.15, -0.1) is 0 Å². The summed E-state index contributed by atoms with van der Waals surface area (Å²) >= 11 is 1.20. The Bertz CT molecular complexity index is 962. The second-order valence-electron chi connectivity index (χ2n) is 6.87. The van der Waals surface area contributed by atoms with Crippen LogP contribution in [0, 0.1) is 32.1 Å². The summed E-state index contributed by atoms with van der Waals surface area (Å²) in [6.45, 7) is 7.25. The fraction of sp³-hybridized carbons (Fsp3) is 0.450. The van der Waals surface area contributed by atoms with Crippen molar-refractivity contribution in [3.63, 3.8) is 0 Å². The highest BCUT2D eigenvalue weighted by molar-refractivity contribution is 8.00. The number of aromatic nitrogens is 2. The van der Waals surface area contributed by atoms with Gasteiger partial charge in [0, 0.05) is 36.2 Å². The highest BCUT2D eigenvalue weighted by Gasteiger charge is 2.21. The number of H-pyrrole nitrogens is 1. The van der Waals surface area contributed by atoms with Crippen molar-refractivity contribution in [1.82, 2.24) is 9.55 Å². The van der Waals surface area contributed by atoms with E-state index in [9.17, 15) is 14.9 Å². The van der Waals surface area contributed by atoms with Crippen LogP contribution in [0.2, 0.25) is 0 Å². The Morgan fingerprint density at radius 3 is 2.85 bits per heavy atom. The molecule has 2 aromatic heterocycles. The molecule has 142 valence electrons. The predicted molar refractivity (Wildman–Crippen MR) is 104 cm³/mol. The van der Waals surface area contributed by atoms with Gasteiger partial charge < -0.3 is 14.3 Å². The van der Waals surface area contributed by atoms with Gasteiger partial charge in [0.1, 0.15) is 6.07 Å². The van der Waals surface area contributed by atoms with E-state index in [1.54, 1.807) is 6.92 Å². The maximum atomic E-state index is 12.8. The molecule has 1 aliphatic rings. The summed E-state index contributed by atoms with van der Waals surface area (Å²) in [6, 6.07) is 5.41. The Labute approximate surface area is 162 Å². The minimum atomic E-state index is -0.267. The highest BCUT2D eigenvalue weighted by Crippen LogP contribution is 2.25. The average Bonchev–Trinajstić information content (AvgIpc) is 3.23. The van der Waals surface area contributed by atoms with Crippen LogP contribution in [0.1, 0.15) is 45.7 Å². The van der Waals surface area contributed by atoms with Crippen LogP contribution in [0.25, 0.3) is 0 Å². The predicted octanol–water partition coefficient (Wildman–Crippen LogP) is 3.13. The fourth-order valence-electron chi connectivity index (χ4n) is 3.48. The van der Waals surface area contributed by atoms with Crippen molar-refractivity contribution in [2.24, 2.45) is 0 Å². The topological polar surface area (TPSA) is 87.9 Å². The van der Waals surface area contributed by atoms with Crippen molar-refractivity contribution in [3.8, 4) is 6.07 Å². The van der Waals surface area contributed by atoms with Crippen molar-refractivity contribution in [1.29, 1.82) is 5.26 Å². The third kappa shape index (κ3) is 4.18. The molecule has 0 bridgehead atoms. The molecule has 3 rings (SSSR count). The molecule has 2 aromatic rings. The molecular formula is C20H23N3O3S. The normalized spacial score (nSPS) is 16.4. The Morgan fingerprint density at radius 1 is 1.41 bits per heavy atom. The van der Waals surface area contributed by atoms with Gasteiger partial charge in [-0.2, -0.15) is 5.26 Å². The van der Waals surface area contributed by atoms with Crippen LogP contribution < -0.4 is 5.56 Å². The smallest absolute Gasteiger partial charge is 0.249 e. The molecule has 6 nitrogen and oxygen atoms in total. The fourth-order valence-corrected chi connectivity index (χ4v) is 4.43. The van der Waals surface area contributed by atoms with Crippen molar-refractivity contribution in [2.75, 3.05) is 12.4 Å². The van der Waals surface area contributed by atoms with E-state index in [-0.39, 0.29) is 23.2 Å². The van der Waals surface area contributed by atoms with Gasteiger partial charge >= 0.3 is 0 Å². The number of aromatic amines is 1. The van der Waals surface area contributed by atoms with Crippen molar-refractivity contribution in [3.05, 3.63) is 50.6 Å². The van der Waals surface area contributed by atoms with Crippen LogP contribution in [0.15, 0.2) is 22.0 Å². The molecule has 1 atom stereocenters. The first-order chi connectivity index (χ1) is 12.9. The van der Waals surface area contributed by atoms with Gasteiger partial charge in [0.25, 0.3) is 0 Å². The molecular weight excluding hydrogens is 362 g/mol. The number of thioether (sulfide) groups is 1. The van der Waals surface area contributed by atoms with E-state index in [4.69, 9.17) is 4.74 Å². The number of nitrogens with zero attached hydrogens (tertiary/aromatic N) is 2. The Hall–Kier alpha value is -2.30. The molecule has 1 saturated heterocycles. The lowest BCUT2D eigenvalue weighted by Crippen LogP contribution is -2.17.